The molecule has 1 aromatic carbocycles. The highest BCUT2D eigenvalue weighted by atomic mass is 16.5. The largest absolute Gasteiger partial charge is 0.383 e. The van der Waals surface area contributed by atoms with Crippen LogP contribution in [0.1, 0.15) is 19.4 Å². The summed E-state index contributed by atoms with van der Waals surface area (Å²) >= 11 is 0. The van der Waals surface area contributed by atoms with Gasteiger partial charge in [-0.2, -0.15) is 0 Å². The van der Waals surface area contributed by atoms with Gasteiger partial charge in [-0.1, -0.05) is 30.3 Å². The lowest BCUT2D eigenvalue weighted by atomic mass is 10.1. The molecule has 0 atom stereocenters. The smallest absolute Gasteiger partial charge is 0.0717 e. The molecule has 3 heteroatoms. The standard InChI is InChI=1S/C14H23NO2/c1-14(2,15-9-10-16-3)12-17-11-13-7-5-4-6-8-13/h4-8,15H,9-12H2,1-3H3. The molecule has 0 bridgehead atoms. The van der Waals surface area contributed by atoms with Gasteiger partial charge in [0.1, 0.15) is 0 Å². The minimum atomic E-state index is -0.0205. The third-order valence-electron chi connectivity index (χ3n) is 2.48. The van der Waals surface area contributed by atoms with Crippen LogP contribution in [-0.2, 0) is 16.1 Å². The highest BCUT2D eigenvalue weighted by molar-refractivity contribution is 5.13. The number of hydrogen-bond acceptors (Lipinski definition) is 3. The lowest BCUT2D eigenvalue weighted by molar-refractivity contribution is 0.0673. The minimum Gasteiger partial charge on any atom is -0.383 e. The number of nitrogens with one attached hydrogen (secondary N) is 1. The van der Waals surface area contributed by atoms with E-state index in [2.05, 4.69) is 31.3 Å². The quantitative estimate of drug-likeness (QED) is 0.703. The Kier molecular flexibility index (Phi) is 6.19. The van der Waals surface area contributed by atoms with Gasteiger partial charge in [0.2, 0.25) is 0 Å². The minimum absolute atomic E-state index is 0.0205. The highest BCUT2D eigenvalue weighted by Crippen LogP contribution is 2.06. The molecule has 0 unspecified atom stereocenters. The molecule has 0 aliphatic heterocycles. The van der Waals surface area contributed by atoms with E-state index in [1.807, 2.05) is 18.2 Å². The SMILES string of the molecule is COCCNC(C)(C)COCc1ccccc1. The van der Waals surface area contributed by atoms with Gasteiger partial charge in [-0.15, -0.1) is 0 Å². The van der Waals surface area contributed by atoms with Gasteiger partial charge in [-0.3, -0.25) is 0 Å². The number of methoxy groups -OCH3 is 1. The van der Waals surface area contributed by atoms with E-state index in [0.717, 1.165) is 13.2 Å². The van der Waals surface area contributed by atoms with Crippen LogP contribution in [0.15, 0.2) is 30.3 Å². The molecule has 1 aromatic rings. The van der Waals surface area contributed by atoms with Crippen LogP contribution in [0.2, 0.25) is 0 Å². The van der Waals surface area contributed by atoms with Crippen LogP contribution in [0.4, 0.5) is 0 Å². The predicted octanol–water partition coefficient (Wildman–Crippen LogP) is 2.22. The Bertz CT molecular complexity index is 298. The van der Waals surface area contributed by atoms with Crippen molar-refractivity contribution in [2.75, 3.05) is 26.9 Å². The Hall–Kier alpha value is -0.900. The summed E-state index contributed by atoms with van der Waals surface area (Å²) in [6.45, 7) is 7.18. The Morgan fingerprint density at radius 1 is 1.18 bits per heavy atom. The van der Waals surface area contributed by atoms with Crippen molar-refractivity contribution in [3.63, 3.8) is 0 Å². The molecule has 0 spiro atoms. The van der Waals surface area contributed by atoms with E-state index < -0.39 is 0 Å². The van der Waals surface area contributed by atoms with E-state index in [0.29, 0.717) is 13.2 Å². The summed E-state index contributed by atoms with van der Waals surface area (Å²) in [7, 11) is 1.71. The summed E-state index contributed by atoms with van der Waals surface area (Å²) in [4.78, 5) is 0. The first-order valence-electron chi connectivity index (χ1n) is 6.00. The molecule has 3 nitrogen and oxygen atoms in total. The molecule has 17 heavy (non-hydrogen) atoms. The van der Waals surface area contributed by atoms with Crippen molar-refractivity contribution in [1.82, 2.24) is 5.32 Å². The van der Waals surface area contributed by atoms with Gasteiger partial charge >= 0.3 is 0 Å². The molecule has 0 fully saturated rings. The summed E-state index contributed by atoms with van der Waals surface area (Å²) in [5.74, 6) is 0. The number of ether oxygens (including phenoxy) is 2. The third kappa shape index (κ3) is 6.41. The fourth-order valence-corrected chi connectivity index (χ4v) is 1.54. The zero-order chi connectivity index (χ0) is 12.6. The van der Waals surface area contributed by atoms with E-state index in [9.17, 15) is 0 Å². The van der Waals surface area contributed by atoms with Crippen LogP contribution >= 0.6 is 0 Å². The van der Waals surface area contributed by atoms with Crippen LogP contribution in [0.25, 0.3) is 0 Å². The Morgan fingerprint density at radius 3 is 2.53 bits per heavy atom. The fraction of sp³-hybridized carbons (Fsp3) is 0.571. The monoisotopic (exact) mass is 237 g/mol. The van der Waals surface area contributed by atoms with E-state index >= 15 is 0 Å². The van der Waals surface area contributed by atoms with Gasteiger partial charge in [0, 0.05) is 19.2 Å². The van der Waals surface area contributed by atoms with Gasteiger partial charge in [0.25, 0.3) is 0 Å². The topological polar surface area (TPSA) is 30.5 Å². The lowest BCUT2D eigenvalue weighted by Gasteiger charge is -2.26. The highest BCUT2D eigenvalue weighted by Gasteiger charge is 2.16. The molecule has 0 aliphatic carbocycles. The van der Waals surface area contributed by atoms with Gasteiger partial charge in [-0.25, -0.2) is 0 Å². The number of rotatable bonds is 8. The van der Waals surface area contributed by atoms with Crippen LogP contribution in [0.5, 0.6) is 0 Å². The zero-order valence-corrected chi connectivity index (χ0v) is 11.0. The van der Waals surface area contributed by atoms with Crippen LogP contribution in [0, 0.1) is 0 Å². The van der Waals surface area contributed by atoms with Crippen molar-refractivity contribution in [2.24, 2.45) is 0 Å². The maximum absolute atomic E-state index is 5.71. The molecular weight excluding hydrogens is 214 g/mol. The summed E-state index contributed by atoms with van der Waals surface area (Å²) in [6, 6.07) is 10.2. The maximum atomic E-state index is 5.71. The van der Waals surface area contributed by atoms with Crippen molar-refractivity contribution < 1.29 is 9.47 Å². The fourth-order valence-electron chi connectivity index (χ4n) is 1.54. The molecule has 1 N–H and O–H groups in total. The first-order valence-corrected chi connectivity index (χ1v) is 6.00. The Morgan fingerprint density at radius 2 is 1.88 bits per heavy atom. The van der Waals surface area contributed by atoms with Crippen LogP contribution < -0.4 is 5.32 Å². The summed E-state index contributed by atoms with van der Waals surface area (Å²) < 4.78 is 10.7. The molecule has 0 aliphatic rings. The lowest BCUT2D eigenvalue weighted by Crippen LogP contribution is -2.44. The summed E-state index contributed by atoms with van der Waals surface area (Å²) in [5.41, 5.74) is 1.19. The zero-order valence-electron chi connectivity index (χ0n) is 11.0. The molecule has 0 amide bonds. The average molecular weight is 237 g/mol. The number of hydrogen-bond donors (Lipinski definition) is 1. The van der Waals surface area contributed by atoms with E-state index in [-0.39, 0.29) is 5.54 Å². The molecule has 96 valence electrons. The van der Waals surface area contributed by atoms with Gasteiger partial charge in [0.15, 0.2) is 0 Å². The first-order chi connectivity index (χ1) is 8.14. The molecule has 0 heterocycles. The predicted molar refractivity (Wildman–Crippen MR) is 70.1 cm³/mol. The van der Waals surface area contributed by atoms with Crippen LogP contribution in [0.3, 0.4) is 0 Å². The van der Waals surface area contributed by atoms with E-state index in [4.69, 9.17) is 9.47 Å². The van der Waals surface area contributed by atoms with Crippen molar-refractivity contribution in [1.29, 1.82) is 0 Å². The molecule has 0 saturated heterocycles. The van der Waals surface area contributed by atoms with E-state index in [1.165, 1.54) is 5.56 Å². The van der Waals surface area contributed by atoms with Gasteiger partial charge < -0.3 is 14.8 Å². The molecule has 0 saturated carbocycles. The van der Waals surface area contributed by atoms with Crippen molar-refractivity contribution in [3.05, 3.63) is 35.9 Å². The molecular formula is C14H23NO2. The number of benzene rings is 1. The van der Waals surface area contributed by atoms with Crippen molar-refractivity contribution in [2.45, 2.75) is 26.0 Å². The second-order valence-corrected chi connectivity index (χ2v) is 4.78. The van der Waals surface area contributed by atoms with Gasteiger partial charge in [0.05, 0.1) is 19.8 Å². The molecule has 1 rings (SSSR count). The molecule has 0 radical (unpaired) electrons. The second kappa shape index (κ2) is 7.43. The van der Waals surface area contributed by atoms with Crippen molar-refractivity contribution in [3.8, 4) is 0 Å². The normalized spacial score (nSPS) is 11.7. The second-order valence-electron chi connectivity index (χ2n) is 4.78. The Balaban J connectivity index is 2.20. The Labute approximate surface area is 104 Å². The summed E-state index contributed by atoms with van der Waals surface area (Å²) in [5, 5.41) is 3.40. The van der Waals surface area contributed by atoms with Crippen molar-refractivity contribution >= 4 is 0 Å². The molecule has 0 aromatic heterocycles. The first kappa shape index (κ1) is 14.2. The summed E-state index contributed by atoms with van der Waals surface area (Å²) in [6.07, 6.45) is 0. The third-order valence-corrected chi connectivity index (χ3v) is 2.48. The average Bonchev–Trinajstić information content (AvgIpc) is 2.30. The van der Waals surface area contributed by atoms with Crippen LogP contribution in [-0.4, -0.2) is 32.4 Å². The van der Waals surface area contributed by atoms with E-state index in [1.54, 1.807) is 7.11 Å². The maximum Gasteiger partial charge on any atom is 0.0717 e. The van der Waals surface area contributed by atoms with Gasteiger partial charge in [-0.05, 0) is 19.4 Å².